The minimum absolute atomic E-state index is 0.989. The lowest BCUT2D eigenvalue weighted by Crippen LogP contribution is -1.95. The Balaban J connectivity index is 1.81. The van der Waals surface area contributed by atoms with Crippen LogP contribution in [0.25, 0.3) is 43.7 Å². The molecule has 1 aliphatic carbocycles. The van der Waals surface area contributed by atoms with Crippen LogP contribution in [0, 0.1) is 0 Å². The Morgan fingerprint density at radius 2 is 1.58 bits per heavy atom. The molecule has 0 bridgehead atoms. The number of aryl methyl sites for hydroxylation is 1. The van der Waals surface area contributed by atoms with Gasteiger partial charge in [-0.25, -0.2) is 0 Å². The van der Waals surface area contributed by atoms with E-state index in [1.54, 1.807) is 0 Å². The minimum atomic E-state index is 0.989. The van der Waals surface area contributed by atoms with Crippen molar-refractivity contribution in [1.82, 2.24) is 4.57 Å². The molecule has 1 heteroatoms. The molecule has 0 saturated carbocycles. The standard InChI is InChI=1S/C25H19N/c1-2-26-23-10-6-5-9-19(23)21-14-12-17-15-22-18-8-4-3-7-16(18)11-13-20(22)24(17)25(21)26/h3-14H,2,15H2,1H3. The van der Waals surface area contributed by atoms with Gasteiger partial charge in [-0.15, -0.1) is 0 Å². The Kier molecular flexibility index (Phi) is 2.71. The highest BCUT2D eigenvalue weighted by molar-refractivity contribution is 6.15. The van der Waals surface area contributed by atoms with Gasteiger partial charge in [-0.1, -0.05) is 66.7 Å². The van der Waals surface area contributed by atoms with Crippen LogP contribution in [0.3, 0.4) is 0 Å². The van der Waals surface area contributed by atoms with E-state index in [-0.39, 0.29) is 0 Å². The first kappa shape index (κ1) is 14.1. The van der Waals surface area contributed by atoms with Gasteiger partial charge in [0.05, 0.1) is 5.52 Å². The van der Waals surface area contributed by atoms with Crippen molar-refractivity contribution in [1.29, 1.82) is 0 Å². The van der Waals surface area contributed by atoms with Crippen molar-refractivity contribution in [2.24, 2.45) is 0 Å². The van der Waals surface area contributed by atoms with Crippen LogP contribution < -0.4 is 0 Å². The largest absolute Gasteiger partial charge is 0.340 e. The quantitative estimate of drug-likeness (QED) is 0.322. The summed E-state index contributed by atoms with van der Waals surface area (Å²) in [6.45, 7) is 3.24. The average Bonchev–Trinajstić information content (AvgIpc) is 3.23. The fraction of sp³-hybridized carbons (Fsp3) is 0.120. The molecular formula is C25H19N. The molecule has 0 saturated heterocycles. The van der Waals surface area contributed by atoms with Crippen molar-refractivity contribution in [3.8, 4) is 11.1 Å². The summed E-state index contributed by atoms with van der Waals surface area (Å²) in [5, 5.41) is 5.48. The van der Waals surface area contributed by atoms with Gasteiger partial charge >= 0.3 is 0 Å². The molecule has 26 heavy (non-hydrogen) atoms. The van der Waals surface area contributed by atoms with Crippen LogP contribution in [-0.4, -0.2) is 4.57 Å². The molecule has 0 amide bonds. The minimum Gasteiger partial charge on any atom is -0.340 e. The molecular weight excluding hydrogens is 314 g/mol. The molecule has 0 aliphatic heterocycles. The molecule has 0 radical (unpaired) electrons. The third-order valence-electron chi connectivity index (χ3n) is 6.01. The van der Waals surface area contributed by atoms with E-state index in [0.29, 0.717) is 0 Å². The van der Waals surface area contributed by atoms with Gasteiger partial charge in [0.15, 0.2) is 0 Å². The van der Waals surface area contributed by atoms with Crippen molar-refractivity contribution in [2.45, 2.75) is 19.9 Å². The van der Waals surface area contributed by atoms with Gasteiger partial charge in [0, 0.05) is 28.4 Å². The first-order valence-electron chi connectivity index (χ1n) is 9.40. The second kappa shape index (κ2) is 4.98. The summed E-state index contributed by atoms with van der Waals surface area (Å²) in [4.78, 5) is 0. The number of hydrogen-bond acceptors (Lipinski definition) is 0. The molecule has 5 aromatic rings. The van der Waals surface area contributed by atoms with Crippen LogP contribution in [-0.2, 0) is 13.0 Å². The van der Waals surface area contributed by atoms with Crippen molar-refractivity contribution < 1.29 is 0 Å². The zero-order valence-corrected chi connectivity index (χ0v) is 14.8. The molecule has 1 nitrogen and oxygen atoms in total. The van der Waals surface area contributed by atoms with Crippen LogP contribution in [0.2, 0.25) is 0 Å². The maximum atomic E-state index is 2.49. The van der Waals surface area contributed by atoms with Crippen LogP contribution in [0.5, 0.6) is 0 Å². The molecule has 124 valence electrons. The zero-order valence-electron chi connectivity index (χ0n) is 14.8. The van der Waals surface area contributed by atoms with E-state index in [1.807, 2.05) is 0 Å². The lowest BCUT2D eigenvalue weighted by molar-refractivity contribution is 0.827. The van der Waals surface area contributed by atoms with Gasteiger partial charge in [-0.05, 0) is 46.9 Å². The van der Waals surface area contributed by atoms with Gasteiger partial charge in [0.25, 0.3) is 0 Å². The Morgan fingerprint density at radius 1 is 0.769 bits per heavy atom. The number of hydrogen-bond donors (Lipinski definition) is 0. The highest BCUT2D eigenvalue weighted by Crippen LogP contribution is 2.46. The molecule has 1 heterocycles. The summed E-state index contributed by atoms with van der Waals surface area (Å²) >= 11 is 0. The van der Waals surface area contributed by atoms with E-state index in [4.69, 9.17) is 0 Å². The smallest absolute Gasteiger partial charge is 0.0573 e. The number of rotatable bonds is 1. The Bertz CT molecular complexity index is 1340. The Hall–Kier alpha value is -3.06. The Morgan fingerprint density at radius 3 is 2.46 bits per heavy atom. The summed E-state index contributed by atoms with van der Waals surface area (Å²) in [7, 11) is 0. The number of para-hydroxylation sites is 1. The molecule has 1 aliphatic rings. The third-order valence-corrected chi connectivity index (χ3v) is 6.01. The number of aromatic nitrogens is 1. The summed E-state index contributed by atoms with van der Waals surface area (Å²) in [5.41, 5.74) is 8.55. The number of fused-ring (bicyclic) bond motifs is 9. The second-order valence-electron chi connectivity index (χ2n) is 7.25. The summed E-state index contributed by atoms with van der Waals surface area (Å²) in [6.07, 6.45) is 1.03. The molecule has 4 aromatic carbocycles. The van der Waals surface area contributed by atoms with E-state index in [0.717, 1.165) is 13.0 Å². The highest BCUT2D eigenvalue weighted by Gasteiger charge is 2.25. The van der Waals surface area contributed by atoms with Crippen molar-refractivity contribution in [3.63, 3.8) is 0 Å². The number of nitrogens with zero attached hydrogens (tertiary/aromatic N) is 1. The molecule has 0 N–H and O–H groups in total. The normalized spacial score (nSPS) is 12.8. The summed E-state index contributed by atoms with van der Waals surface area (Å²) < 4.78 is 2.49. The topological polar surface area (TPSA) is 4.93 Å². The lowest BCUT2D eigenvalue weighted by atomic mass is 9.98. The second-order valence-corrected chi connectivity index (χ2v) is 7.25. The van der Waals surface area contributed by atoms with Crippen molar-refractivity contribution in [2.75, 3.05) is 0 Å². The van der Waals surface area contributed by atoms with Crippen LogP contribution in [0.15, 0.2) is 72.8 Å². The van der Waals surface area contributed by atoms with Crippen LogP contribution >= 0.6 is 0 Å². The molecule has 0 unspecified atom stereocenters. The monoisotopic (exact) mass is 333 g/mol. The summed E-state index contributed by atoms with van der Waals surface area (Å²) in [5.74, 6) is 0. The van der Waals surface area contributed by atoms with Crippen LogP contribution in [0.1, 0.15) is 18.1 Å². The van der Waals surface area contributed by atoms with E-state index < -0.39 is 0 Å². The van der Waals surface area contributed by atoms with Crippen molar-refractivity contribution in [3.05, 3.63) is 83.9 Å². The fourth-order valence-corrected chi connectivity index (χ4v) is 4.92. The zero-order chi connectivity index (χ0) is 17.3. The lowest BCUT2D eigenvalue weighted by Gasteiger charge is -2.10. The van der Waals surface area contributed by atoms with Gasteiger partial charge < -0.3 is 4.57 Å². The van der Waals surface area contributed by atoms with Crippen molar-refractivity contribution >= 4 is 32.6 Å². The van der Waals surface area contributed by atoms with E-state index in [1.165, 1.54) is 54.8 Å². The SMILES string of the molecule is CCn1c2ccccc2c2ccc3c(c21)-c1ccc2ccccc2c1C3. The highest BCUT2D eigenvalue weighted by atomic mass is 15.0. The Labute approximate surface area is 152 Å². The van der Waals surface area contributed by atoms with Crippen LogP contribution in [0.4, 0.5) is 0 Å². The predicted molar refractivity (Wildman–Crippen MR) is 111 cm³/mol. The molecule has 0 spiro atoms. The number of benzene rings is 4. The first-order valence-corrected chi connectivity index (χ1v) is 9.40. The summed E-state index contributed by atoms with van der Waals surface area (Å²) in [6, 6.07) is 26.9. The van der Waals surface area contributed by atoms with Gasteiger partial charge in [-0.3, -0.25) is 0 Å². The fourth-order valence-electron chi connectivity index (χ4n) is 4.92. The van der Waals surface area contributed by atoms with E-state index in [2.05, 4.69) is 84.3 Å². The van der Waals surface area contributed by atoms with Gasteiger partial charge in [0.1, 0.15) is 0 Å². The maximum Gasteiger partial charge on any atom is 0.0573 e. The van der Waals surface area contributed by atoms with Gasteiger partial charge in [-0.2, -0.15) is 0 Å². The first-order chi connectivity index (χ1) is 12.9. The molecule has 0 atom stereocenters. The molecule has 6 rings (SSSR count). The predicted octanol–water partition coefficient (Wildman–Crippen LogP) is 6.54. The van der Waals surface area contributed by atoms with E-state index >= 15 is 0 Å². The third kappa shape index (κ3) is 1.65. The molecule has 0 fully saturated rings. The van der Waals surface area contributed by atoms with E-state index in [9.17, 15) is 0 Å². The maximum absolute atomic E-state index is 2.49. The van der Waals surface area contributed by atoms with Gasteiger partial charge in [0.2, 0.25) is 0 Å². The molecule has 1 aromatic heterocycles. The average molecular weight is 333 g/mol.